The number of rotatable bonds is 6. The molecule has 1 saturated heterocycles. The quantitative estimate of drug-likeness (QED) is 0.825. The Morgan fingerprint density at radius 3 is 2.71 bits per heavy atom. The Morgan fingerprint density at radius 2 is 2.08 bits per heavy atom. The zero-order valence-corrected chi connectivity index (χ0v) is 15.4. The van der Waals surface area contributed by atoms with Gasteiger partial charge in [-0.25, -0.2) is 13.1 Å². The monoisotopic (exact) mass is 374 g/mol. The summed E-state index contributed by atoms with van der Waals surface area (Å²) in [5, 5.41) is 0.610. The molecule has 1 fully saturated rings. The molecule has 0 bridgehead atoms. The first kappa shape index (κ1) is 19.0. The highest BCUT2D eigenvalue weighted by atomic mass is 35.5. The van der Waals surface area contributed by atoms with Crippen molar-refractivity contribution in [3.05, 3.63) is 29.3 Å². The summed E-state index contributed by atoms with van der Waals surface area (Å²) < 4.78 is 30.6. The number of carbonyl (C=O) groups excluding carboxylic acids is 1. The summed E-state index contributed by atoms with van der Waals surface area (Å²) in [7, 11) is -3.21. The van der Waals surface area contributed by atoms with Crippen LogP contribution in [-0.4, -0.2) is 51.2 Å². The Labute approximate surface area is 148 Å². The van der Waals surface area contributed by atoms with E-state index in [-0.39, 0.29) is 11.8 Å². The molecular formula is C16H23ClN2O4S. The van der Waals surface area contributed by atoms with Gasteiger partial charge >= 0.3 is 0 Å². The molecule has 1 aromatic rings. The van der Waals surface area contributed by atoms with E-state index in [4.69, 9.17) is 16.3 Å². The van der Waals surface area contributed by atoms with Crippen LogP contribution in [-0.2, 0) is 14.8 Å². The zero-order chi connectivity index (χ0) is 17.7. The van der Waals surface area contributed by atoms with Crippen LogP contribution in [0.4, 0.5) is 0 Å². The van der Waals surface area contributed by atoms with Crippen LogP contribution < -0.4 is 9.46 Å². The molecule has 0 aromatic heterocycles. The summed E-state index contributed by atoms with van der Waals surface area (Å²) in [5.41, 5.74) is 0. The first-order valence-electron chi connectivity index (χ1n) is 7.90. The number of benzene rings is 1. The van der Waals surface area contributed by atoms with E-state index >= 15 is 0 Å². The number of carbonyl (C=O) groups is 1. The van der Waals surface area contributed by atoms with Gasteiger partial charge in [-0.3, -0.25) is 4.79 Å². The zero-order valence-electron chi connectivity index (χ0n) is 13.9. The minimum Gasteiger partial charge on any atom is -0.481 e. The van der Waals surface area contributed by atoms with Crippen molar-refractivity contribution in [2.45, 2.75) is 25.9 Å². The average molecular weight is 375 g/mol. The van der Waals surface area contributed by atoms with Crippen molar-refractivity contribution >= 4 is 27.5 Å². The number of amides is 1. The predicted octanol–water partition coefficient (Wildman–Crippen LogP) is 1.90. The first-order valence-corrected chi connectivity index (χ1v) is 10.2. The molecule has 2 rings (SSSR count). The maximum atomic E-state index is 12.6. The van der Waals surface area contributed by atoms with Crippen LogP contribution >= 0.6 is 11.6 Å². The maximum absolute atomic E-state index is 12.6. The fourth-order valence-electron chi connectivity index (χ4n) is 2.73. The topological polar surface area (TPSA) is 75.7 Å². The molecule has 1 aliphatic rings. The van der Waals surface area contributed by atoms with Crippen LogP contribution in [0, 0.1) is 5.92 Å². The highest BCUT2D eigenvalue weighted by Crippen LogP contribution is 2.20. The lowest BCUT2D eigenvalue weighted by Gasteiger charge is -2.34. The minimum absolute atomic E-state index is 0.0889. The smallest absolute Gasteiger partial charge is 0.263 e. The van der Waals surface area contributed by atoms with Gasteiger partial charge in [0.2, 0.25) is 10.0 Å². The van der Waals surface area contributed by atoms with E-state index in [1.807, 2.05) is 0 Å². The van der Waals surface area contributed by atoms with Crippen molar-refractivity contribution in [2.24, 2.45) is 5.92 Å². The Hall–Kier alpha value is -1.31. The molecule has 0 saturated carbocycles. The van der Waals surface area contributed by atoms with Crippen LogP contribution in [0.3, 0.4) is 0 Å². The van der Waals surface area contributed by atoms with Crippen molar-refractivity contribution in [3.8, 4) is 5.75 Å². The van der Waals surface area contributed by atoms with Gasteiger partial charge in [-0.15, -0.1) is 0 Å². The second-order valence-electron chi connectivity index (χ2n) is 6.13. The molecule has 8 heteroatoms. The molecule has 1 aliphatic heterocycles. The SMILES string of the molecule is CC(Oc1ccc(Cl)cc1)C(=O)N1CCCC(CNS(C)(=O)=O)C1. The third-order valence-corrected chi connectivity index (χ3v) is 4.88. The minimum atomic E-state index is -3.21. The third-order valence-electron chi connectivity index (χ3n) is 3.94. The fraction of sp³-hybridized carbons (Fsp3) is 0.562. The number of nitrogens with one attached hydrogen (secondary N) is 1. The van der Waals surface area contributed by atoms with Gasteiger partial charge in [-0.2, -0.15) is 0 Å². The van der Waals surface area contributed by atoms with Crippen molar-refractivity contribution in [1.29, 1.82) is 0 Å². The van der Waals surface area contributed by atoms with Gasteiger partial charge in [0.05, 0.1) is 6.26 Å². The van der Waals surface area contributed by atoms with Gasteiger partial charge < -0.3 is 9.64 Å². The lowest BCUT2D eigenvalue weighted by Crippen LogP contribution is -2.47. The van der Waals surface area contributed by atoms with Crippen LogP contribution in [0.2, 0.25) is 5.02 Å². The van der Waals surface area contributed by atoms with Crippen LogP contribution in [0.15, 0.2) is 24.3 Å². The van der Waals surface area contributed by atoms with Gasteiger partial charge in [-0.1, -0.05) is 11.6 Å². The Balaban J connectivity index is 1.89. The van der Waals surface area contributed by atoms with Crippen molar-refractivity contribution < 1.29 is 17.9 Å². The standard InChI is InChI=1S/C16H23ClN2O4S/c1-12(23-15-7-5-14(17)6-8-15)16(20)19-9-3-4-13(11-19)10-18-24(2,21)22/h5-8,12-13,18H,3-4,9-11H2,1-2H3. The predicted molar refractivity (Wildman–Crippen MR) is 93.7 cm³/mol. The highest BCUT2D eigenvalue weighted by molar-refractivity contribution is 7.88. The number of halogens is 1. The molecule has 1 amide bonds. The summed E-state index contributed by atoms with van der Waals surface area (Å²) in [4.78, 5) is 14.3. The summed E-state index contributed by atoms with van der Waals surface area (Å²) in [6.07, 6.45) is 2.29. The number of sulfonamides is 1. The summed E-state index contributed by atoms with van der Waals surface area (Å²) >= 11 is 5.83. The molecule has 0 radical (unpaired) electrons. The van der Waals surface area contributed by atoms with Gasteiger partial charge in [0.25, 0.3) is 5.91 Å². The fourth-order valence-corrected chi connectivity index (χ4v) is 3.39. The van der Waals surface area contributed by atoms with Crippen molar-refractivity contribution in [1.82, 2.24) is 9.62 Å². The molecule has 2 unspecified atom stereocenters. The lowest BCUT2D eigenvalue weighted by molar-refractivity contribution is -0.139. The normalized spacial score (nSPS) is 19.8. The van der Waals surface area contributed by atoms with E-state index in [9.17, 15) is 13.2 Å². The second kappa shape index (κ2) is 8.18. The molecular weight excluding hydrogens is 352 g/mol. The maximum Gasteiger partial charge on any atom is 0.263 e. The van der Waals surface area contributed by atoms with Crippen LogP contribution in [0.1, 0.15) is 19.8 Å². The van der Waals surface area contributed by atoms with Crippen LogP contribution in [0.5, 0.6) is 5.75 Å². The lowest BCUT2D eigenvalue weighted by atomic mass is 9.98. The van der Waals surface area contributed by atoms with Crippen molar-refractivity contribution in [2.75, 3.05) is 25.9 Å². The van der Waals surface area contributed by atoms with Crippen LogP contribution in [0.25, 0.3) is 0 Å². The molecule has 1 heterocycles. The largest absolute Gasteiger partial charge is 0.481 e. The summed E-state index contributed by atoms with van der Waals surface area (Å²) in [5.74, 6) is 0.627. The molecule has 24 heavy (non-hydrogen) atoms. The number of nitrogens with zero attached hydrogens (tertiary/aromatic N) is 1. The number of ether oxygens (including phenoxy) is 1. The number of hydrogen-bond acceptors (Lipinski definition) is 4. The second-order valence-corrected chi connectivity index (χ2v) is 8.40. The first-order chi connectivity index (χ1) is 11.2. The summed E-state index contributed by atoms with van der Waals surface area (Å²) in [6, 6.07) is 6.87. The van der Waals surface area contributed by atoms with Gasteiger partial charge in [0.1, 0.15) is 5.75 Å². The number of piperidine rings is 1. The molecule has 134 valence electrons. The van der Waals surface area contributed by atoms with Gasteiger partial charge in [-0.05, 0) is 49.9 Å². The number of hydrogen-bond donors (Lipinski definition) is 1. The molecule has 0 aliphatic carbocycles. The average Bonchev–Trinajstić information content (AvgIpc) is 2.54. The van der Waals surface area contributed by atoms with E-state index < -0.39 is 16.1 Å². The van der Waals surface area contributed by atoms with E-state index in [0.29, 0.717) is 30.4 Å². The van der Waals surface area contributed by atoms with E-state index in [1.54, 1.807) is 36.1 Å². The molecule has 2 atom stereocenters. The van der Waals surface area contributed by atoms with E-state index in [2.05, 4.69) is 4.72 Å². The molecule has 0 spiro atoms. The third kappa shape index (κ3) is 5.96. The molecule has 6 nitrogen and oxygen atoms in total. The van der Waals surface area contributed by atoms with Gasteiger partial charge in [0, 0.05) is 24.7 Å². The van der Waals surface area contributed by atoms with Crippen molar-refractivity contribution in [3.63, 3.8) is 0 Å². The Morgan fingerprint density at radius 1 is 1.42 bits per heavy atom. The Bertz CT molecular complexity index is 663. The number of likely N-dealkylation sites (tertiary alicyclic amines) is 1. The molecule has 1 aromatic carbocycles. The van der Waals surface area contributed by atoms with Gasteiger partial charge in [0.15, 0.2) is 6.10 Å². The van der Waals surface area contributed by atoms with E-state index in [0.717, 1.165) is 19.1 Å². The van der Waals surface area contributed by atoms with E-state index in [1.165, 1.54) is 0 Å². The summed E-state index contributed by atoms with van der Waals surface area (Å²) in [6.45, 7) is 3.28. The highest BCUT2D eigenvalue weighted by Gasteiger charge is 2.28. The Kier molecular flexibility index (Phi) is 6.48. The molecule has 1 N–H and O–H groups in total.